The van der Waals surface area contributed by atoms with E-state index in [0.717, 1.165) is 54.9 Å². The van der Waals surface area contributed by atoms with Crippen LogP contribution in [0.3, 0.4) is 0 Å². The zero-order valence-corrected chi connectivity index (χ0v) is 20.1. The lowest BCUT2D eigenvalue weighted by atomic mass is 10.1. The Morgan fingerprint density at radius 1 is 0.882 bits per heavy atom. The number of carbonyl (C=O) groups is 1. The van der Waals surface area contributed by atoms with Crippen molar-refractivity contribution in [3.05, 3.63) is 66.0 Å². The summed E-state index contributed by atoms with van der Waals surface area (Å²) in [7, 11) is -3.46. The number of fused-ring (bicyclic) bond motifs is 1. The fourth-order valence-electron chi connectivity index (χ4n) is 4.79. The molecule has 0 spiro atoms. The van der Waals surface area contributed by atoms with Crippen molar-refractivity contribution in [3.63, 3.8) is 0 Å². The molecule has 3 aromatic rings. The van der Waals surface area contributed by atoms with Crippen LogP contribution in [-0.2, 0) is 34.2 Å². The van der Waals surface area contributed by atoms with E-state index in [2.05, 4.69) is 14.9 Å². The first kappa shape index (κ1) is 22.8. The molecule has 1 saturated heterocycles. The molecule has 0 atom stereocenters. The average Bonchev–Trinajstić information content (AvgIpc) is 3.30. The number of benzene rings is 2. The van der Waals surface area contributed by atoms with Gasteiger partial charge in [-0.05, 0) is 74.1 Å². The molecule has 34 heavy (non-hydrogen) atoms. The molecule has 1 N–H and O–H groups in total. The monoisotopic (exact) mass is 478 g/mol. The minimum Gasteiger partial charge on any atom is -0.328 e. The molecule has 178 valence electrons. The number of rotatable bonds is 6. The van der Waals surface area contributed by atoms with Crippen LogP contribution in [0.25, 0.3) is 11.4 Å². The number of nitrogens with zero attached hydrogens (tertiary/aromatic N) is 3. The zero-order chi connectivity index (χ0) is 23.5. The highest BCUT2D eigenvalue weighted by Gasteiger charge is 2.25. The van der Waals surface area contributed by atoms with E-state index in [9.17, 15) is 13.2 Å². The van der Waals surface area contributed by atoms with Gasteiger partial charge in [-0.25, -0.2) is 13.4 Å². The van der Waals surface area contributed by atoms with Crippen LogP contribution in [0.1, 0.15) is 43.4 Å². The van der Waals surface area contributed by atoms with Gasteiger partial charge in [0.1, 0.15) is 5.82 Å². The van der Waals surface area contributed by atoms with E-state index in [-0.39, 0.29) is 17.2 Å². The molecule has 7 nitrogen and oxygen atoms in total. The van der Waals surface area contributed by atoms with Gasteiger partial charge in [-0.3, -0.25) is 4.79 Å². The first-order chi connectivity index (χ1) is 16.5. The van der Waals surface area contributed by atoms with Gasteiger partial charge in [0.15, 0.2) is 0 Å². The molecule has 5 rings (SSSR count). The molecule has 0 aliphatic carbocycles. The summed E-state index contributed by atoms with van der Waals surface area (Å²) in [5.74, 6) is 0.838. The molecule has 0 radical (unpaired) electrons. The maximum Gasteiger partial charge on any atom is 0.243 e. The molecular formula is C26H30N4O3S. The number of sulfonamides is 1. The summed E-state index contributed by atoms with van der Waals surface area (Å²) in [6.07, 6.45) is 8.50. The van der Waals surface area contributed by atoms with Crippen LogP contribution in [0.5, 0.6) is 0 Å². The second-order valence-electron chi connectivity index (χ2n) is 9.09. The van der Waals surface area contributed by atoms with Gasteiger partial charge < -0.3 is 9.88 Å². The Kier molecular flexibility index (Phi) is 6.52. The Morgan fingerprint density at radius 2 is 1.59 bits per heavy atom. The van der Waals surface area contributed by atoms with E-state index in [4.69, 9.17) is 0 Å². The smallest absolute Gasteiger partial charge is 0.243 e. The average molecular weight is 479 g/mol. The Balaban J connectivity index is 1.20. The summed E-state index contributed by atoms with van der Waals surface area (Å²) in [5.41, 5.74) is 3.82. The minimum absolute atomic E-state index is 0.141. The molecular weight excluding hydrogens is 448 g/mol. The molecule has 1 amide bonds. The number of anilines is 1. The number of amides is 1. The molecule has 2 aromatic carbocycles. The maximum absolute atomic E-state index is 12.8. The summed E-state index contributed by atoms with van der Waals surface area (Å²) >= 11 is 0. The van der Waals surface area contributed by atoms with Crippen molar-refractivity contribution in [2.75, 3.05) is 18.4 Å². The lowest BCUT2D eigenvalue weighted by Gasteiger charge is -2.25. The van der Waals surface area contributed by atoms with Gasteiger partial charge in [0.2, 0.25) is 15.9 Å². The minimum atomic E-state index is -3.46. The molecule has 1 fully saturated rings. The van der Waals surface area contributed by atoms with Crippen molar-refractivity contribution < 1.29 is 13.2 Å². The summed E-state index contributed by atoms with van der Waals surface area (Å²) < 4.78 is 29.4. The SMILES string of the molecule is O=C(Cc1ccc(S(=O)(=O)N2CCCCC2)cc1)Nc1ccc(-c2ncc3n2CCCC3)cc1. The third kappa shape index (κ3) is 4.79. The molecule has 3 heterocycles. The normalized spacial score (nSPS) is 16.7. The summed E-state index contributed by atoms with van der Waals surface area (Å²) in [6.45, 7) is 2.16. The van der Waals surface area contributed by atoms with E-state index in [1.54, 1.807) is 28.6 Å². The topological polar surface area (TPSA) is 84.3 Å². The van der Waals surface area contributed by atoms with E-state index < -0.39 is 10.0 Å². The van der Waals surface area contributed by atoms with Crippen LogP contribution < -0.4 is 5.32 Å². The Labute approximate surface area is 200 Å². The largest absolute Gasteiger partial charge is 0.328 e. The van der Waals surface area contributed by atoms with Crippen molar-refractivity contribution >= 4 is 21.6 Å². The number of aryl methyl sites for hydroxylation is 1. The van der Waals surface area contributed by atoms with Crippen LogP contribution in [0.2, 0.25) is 0 Å². The molecule has 0 unspecified atom stereocenters. The van der Waals surface area contributed by atoms with Crippen molar-refractivity contribution in [2.24, 2.45) is 0 Å². The van der Waals surface area contributed by atoms with E-state index in [0.29, 0.717) is 13.1 Å². The zero-order valence-electron chi connectivity index (χ0n) is 19.2. The highest BCUT2D eigenvalue weighted by molar-refractivity contribution is 7.89. The van der Waals surface area contributed by atoms with Crippen LogP contribution in [0.15, 0.2) is 59.6 Å². The maximum atomic E-state index is 12.8. The molecule has 0 saturated carbocycles. The van der Waals surface area contributed by atoms with Crippen LogP contribution in [0.4, 0.5) is 5.69 Å². The van der Waals surface area contributed by atoms with Gasteiger partial charge in [-0.2, -0.15) is 4.31 Å². The third-order valence-corrected chi connectivity index (χ3v) is 8.58. The Hall–Kier alpha value is -2.97. The van der Waals surface area contributed by atoms with Crippen LogP contribution >= 0.6 is 0 Å². The van der Waals surface area contributed by atoms with Crippen molar-refractivity contribution in [2.45, 2.75) is 56.4 Å². The predicted octanol–water partition coefficient (Wildman–Crippen LogP) is 4.24. The first-order valence-electron chi connectivity index (χ1n) is 12.0. The Morgan fingerprint density at radius 3 is 2.32 bits per heavy atom. The van der Waals surface area contributed by atoms with Gasteiger partial charge in [-0.15, -0.1) is 0 Å². The van der Waals surface area contributed by atoms with Crippen molar-refractivity contribution in [3.8, 4) is 11.4 Å². The van der Waals surface area contributed by atoms with Crippen molar-refractivity contribution in [1.82, 2.24) is 13.9 Å². The van der Waals surface area contributed by atoms with Crippen LogP contribution in [0, 0.1) is 0 Å². The van der Waals surface area contributed by atoms with Gasteiger partial charge in [0.25, 0.3) is 0 Å². The number of aromatic nitrogens is 2. The number of carbonyl (C=O) groups excluding carboxylic acids is 1. The lowest BCUT2D eigenvalue weighted by Crippen LogP contribution is -2.35. The van der Waals surface area contributed by atoms with Gasteiger partial charge >= 0.3 is 0 Å². The van der Waals surface area contributed by atoms with E-state index >= 15 is 0 Å². The number of nitrogens with one attached hydrogen (secondary N) is 1. The third-order valence-electron chi connectivity index (χ3n) is 6.67. The summed E-state index contributed by atoms with van der Waals surface area (Å²) in [6, 6.07) is 14.4. The van der Waals surface area contributed by atoms with Gasteiger partial charge in [-0.1, -0.05) is 18.6 Å². The van der Waals surface area contributed by atoms with Crippen molar-refractivity contribution in [1.29, 1.82) is 0 Å². The second kappa shape index (κ2) is 9.72. The fourth-order valence-corrected chi connectivity index (χ4v) is 6.31. The summed E-state index contributed by atoms with van der Waals surface area (Å²) in [4.78, 5) is 17.4. The second-order valence-corrected chi connectivity index (χ2v) is 11.0. The molecule has 1 aromatic heterocycles. The standard InChI is InChI=1S/C26H30N4O3S/c31-25(18-20-7-13-24(14-8-20)34(32,33)29-15-3-1-4-16-29)28-22-11-9-21(10-12-22)26-27-19-23-6-2-5-17-30(23)26/h7-14,19H,1-6,15-18H2,(H,28,31). The van der Waals surface area contributed by atoms with Gasteiger partial charge in [0, 0.05) is 42.8 Å². The first-order valence-corrected chi connectivity index (χ1v) is 13.5. The molecule has 0 bridgehead atoms. The summed E-state index contributed by atoms with van der Waals surface area (Å²) in [5, 5.41) is 2.93. The van der Waals surface area contributed by atoms with E-state index in [1.807, 2.05) is 30.5 Å². The highest BCUT2D eigenvalue weighted by Crippen LogP contribution is 2.26. The lowest BCUT2D eigenvalue weighted by molar-refractivity contribution is -0.115. The van der Waals surface area contributed by atoms with Gasteiger partial charge in [0.05, 0.1) is 11.3 Å². The number of imidazole rings is 1. The molecule has 2 aliphatic heterocycles. The van der Waals surface area contributed by atoms with Crippen LogP contribution in [-0.4, -0.2) is 41.3 Å². The highest BCUT2D eigenvalue weighted by atomic mass is 32.2. The number of piperidine rings is 1. The quantitative estimate of drug-likeness (QED) is 0.574. The predicted molar refractivity (Wildman–Crippen MR) is 132 cm³/mol. The molecule has 2 aliphatic rings. The Bertz CT molecular complexity index is 1260. The molecule has 8 heteroatoms. The number of hydrogen-bond acceptors (Lipinski definition) is 4. The van der Waals surface area contributed by atoms with E-state index in [1.165, 1.54) is 18.5 Å². The fraction of sp³-hybridized carbons (Fsp3) is 0.385. The number of hydrogen-bond donors (Lipinski definition) is 1.